The van der Waals surface area contributed by atoms with E-state index in [-0.39, 0.29) is 5.43 Å². The molecule has 1 N–H and O–H groups in total. The van der Waals surface area contributed by atoms with E-state index in [1.165, 1.54) is 11.2 Å². The summed E-state index contributed by atoms with van der Waals surface area (Å²) in [5, 5.41) is 0.436. The lowest BCUT2D eigenvalue weighted by Gasteiger charge is -2.25. The maximum absolute atomic E-state index is 13.2. The summed E-state index contributed by atoms with van der Waals surface area (Å²) < 4.78 is 5.69. The standard InChI is InChI=1S/C22H17N3O4/c1-11-3-6-18-14(7-11)21(27)15(9-29-18)19-12(2)20(26)22(28)25(19)13-4-5-16-17(8-13)24-10-23-16/h3-10,12,19H,1-2H3,(H,23,24). The van der Waals surface area contributed by atoms with E-state index in [1.807, 2.05) is 13.0 Å². The van der Waals surface area contributed by atoms with Crippen LogP contribution in [0.15, 0.2) is 58.2 Å². The third-order valence-corrected chi connectivity index (χ3v) is 5.55. The summed E-state index contributed by atoms with van der Waals surface area (Å²) in [4.78, 5) is 47.2. The van der Waals surface area contributed by atoms with Gasteiger partial charge in [0.1, 0.15) is 11.8 Å². The van der Waals surface area contributed by atoms with Crippen molar-refractivity contribution in [2.24, 2.45) is 5.92 Å². The Morgan fingerprint density at radius 2 is 1.93 bits per heavy atom. The maximum atomic E-state index is 13.2. The molecule has 2 atom stereocenters. The van der Waals surface area contributed by atoms with E-state index in [1.54, 1.807) is 43.6 Å². The van der Waals surface area contributed by atoms with Gasteiger partial charge in [-0.05, 0) is 37.3 Å². The van der Waals surface area contributed by atoms with Crippen molar-refractivity contribution in [2.45, 2.75) is 19.9 Å². The molecule has 29 heavy (non-hydrogen) atoms. The minimum Gasteiger partial charge on any atom is -0.464 e. The van der Waals surface area contributed by atoms with Gasteiger partial charge in [-0.15, -0.1) is 0 Å². The first-order valence-corrected chi connectivity index (χ1v) is 9.28. The first-order valence-electron chi connectivity index (χ1n) is 9.28. The normalized spacial score (nSPS) is 19.6. The molecule has 2 unspecified atom stereocenters. The lowest BCUT2D eigenvalue weighted by atomic mass is 9.94. The van der Waals surface area contributed by atoms with Gasteiger partial charge in [-0.25, -0.2) is 4.98 Å². The molecule has 0 saturated carbocycles. The first-order chi connectivity index (χ1) is 14.0. The molecule has 0 spiro atoms. The number of anilines is 1. The van der Waals surface area contributed by atoms with Crippen LogP contribution in [0, 0.1) is 12.8 Å². The molecule has 2 aromatic carbocycles. The Morgan fingerprint density at radius 3 is 2.76 bits per heavy atom. The number of hydrogen-bond donors (Lipinski definition) is 1. The highest BCUT2D eigenvalue weighted by Gasteiger charge is 2.47. The Hall–Kier alpha value is -3.74. The van der Waals surface area contributed by atoms with Crippen LogP contribution in [0.1, 0.15) is 24.1 Å². The summed E-state index contributed by atoms with van der Waals surface area (Å²) in [5.74, 6) is -1.83. The number of aryl methyl sites for hydroxylation is 1. The summed E-state index contributed by atoms with van der Waals surface area (Å²) in [6.45, 7) is 3.56. The number of imidazole rings is 1. The molecule has 0 bridgehead atoms. The molecule has 5 rings (SSSR count). The summed E-state index contributed by atoms with van der Waals surface area (Å²) in [5.41, 5.74) is 3.46. The molecule has 1 aliphatic heterocycles. The van der Waals surface area contributed by atoms with E-state index in [9.17, 15) is 14.4 Å². The molecule has 3 heterocycles. The third kappa shape index (κ3) is 2.51. The number of nitrogens with one attached hydrogen (secondary N) is 1. The average molecular weight is 387 g/mol. The number of rotatable bonds is 2. The zero-order chi connectivity index (χ0) is 20.3. The van der Waals surface area contributed by atoms with Gasteiger partial charge in [0, 0.05) is 5.69 Å². The molecule has 7 heteroatoms. The Kier molecular flexibility index (Phi) is 3.67. The average Bonchev–Trinajstić information content (AvgIpc) is 3.27. The molecule has 144 valence electrons. The molecule has 1 amide bonds. The number of fused-ring (bicyclic) bond motifs is 2. The smallest absolute Gasteiger partial charge is 0.295 e. The van der Waals surface area contributed by atoms with Crippen molar-refractivity contribution in [3.8, 4) is 0 Å². The van der Waals surface area contributed by atoms with Crippen molar-refractivity contribution in [3.63, 3.8) is 0 Å². The predicted molar refractivity (Wildman–Crippen MR) is 108 cm³/mol. The molecule has 0 radical (unpaired) electrons. The van der Waals surface area contributed by atoms with Crippen LogP contribution in [0.25, 0.3) is 22.0 Å². The maximum Gasteiger partial charge on any atom is 0.295 e. The van der Waals surface area contributed by atoms with Crippen molar-refractivity contribution < 1.29 is 14.0 Å². The third-order valence-electron chi connectivity index (χ3n) is 5.55. The van der Waals surface area contributed by atoms with Gasteiger partial charge in [-0.2, -0.15) is 0 Å². The van der Waals surface area contributed by atoms with Gasteiger partial charge in [0.05, 0.1) is 40.3 Å². The van der Waals surface area contributed by atoms with Gasteiger partial charge < -0.3 is 9.40 Å². The second-order valence-corrected chi connectivity index (χ2v) is 7.40. The van der Waals surface area contributed by atoms with E-state index in [4.69, 9.17) is 4.42 Å². The highest BCUT2D eigenvalue weighted by molar-refractivity contribution is 6.44. The fraction of sp³-hybridized carbons (Fsp3) is 0.182. The van der Waals surface area contributed by atoms with Crippen molar-refractivity contribution >= 4 is 39.4 Å². The van der Waals surface area contributed by atoms with Crippen LogP contribution >= 0.6 is 0 Å². The number of H-pyrrole nitrogens is 1. The number of ketones is 1. The Labute approximate surface area is 165 Å². The fourth-order valence-corrected chi connectivity index (χ4v) is 4.03. The Morgan fingerprint density at radius 1 is 1.10 bits per heavy atom. The van der Waals surface area contributed by atoms with Crippen LogP contribution in [0.3, 0.4) is 0 Å². The van der Waals surface area contributed by atoms with Gasteiger partial charge in [-0.3, -0.25) is 19.3 Å². The van der Waals surface area contributed by atoms with Gasteiger partial charge in [0.15, 0.2) is 5.43 Å². The number of nitrogens with zero attached hydrogens (tertiary/aromatic N) is 2. The molecular weight excluding hydrogens is 370 g/mol. The first kappa shape index (κ1) is 17.4. The number of aromatic amines is 1. The fourth-order valence-electron chi connectivity index (χ4n) is 4.03. The summed E-state index contributed by atoms with van der Waals surface area (Å²) in [6, 6.07) is 9.88. The minimum absolute atomic E-state index is 0.234. The molecule has 7 nitrogen and oxygen atoms in total. The number of carbonyl (C=O) groups is 2. The quantitative estimate of drug-likeness (QED) is 0.533. The van der Waals surface area contributed by atoms with Crippen LogP contribution in [0.5, 0.6) is 0 Å². The minimum atomic E-state index is -0.739. The second-order valence-electron chi connectivity index (χ2n) is 7.40. The lowest BCUT2D eigenvalue weighted by molar-refractivity contribution is -0.135. The lowest BCUT2D eigenvalue weighted by Crippen LogP contribution is -2.32. The zero-order valence-electron chi connectivity index (χ0n) is 15.8. The number of benzene rings is 2. The number of aromatic nitrogens is 2. The zero-order valence-corrected chi connectivity index (χ0v) is 15.8. The topological polar surface area (TPSA) is 96.3 Å². The molecular formula is C22H17N3O4. The monoisotopic (exact) mass is 387 g/mol. The van der Waals surface area contributed by atoms with Crippen molar-refractivity contribution in [3.05, 3.63) is 70.3 Å². The summed E-state index contributed by atoms with van der Waals surface area (Å²) >= 11 is 0. The highest BCUT2D eigenvalue weighted by Crippen LogP contribution is 2.39. The van der Waals surface area contributed by atoms with Gasteiger partial charge in [-0.1, -0.05) is 18.6 Å². The molecule has 1 fully saturated rings. The second kappa shape index (κ2) is 6.13. The number of amides is 1. The van der Waals surface area contributed by atoms with Gasteiger partial charge in [0.2, 0.25) is 5.78 Å². The van der Waals surface area contributed by atoms with Crippen molar-refractivity contribution in [2.75, 3.05) is 4.90 Å². The van der Waals surface area contributed by atoms with E-state index in [2.05, 4.69) is 9.97 Å². The molecule has 0 aliphatic carbocycles. The van der Waals surface area contributed by atoms with Crippen LogP contribution < -0.4 is 10.3 Å². The van der Waals surface area contributed by atoms with Crippen LogP contribution in [-0.2, 0) is 9.59 Å². The Balaban J connectivity index is 1.72. The SMILES string of the molecule is Cc1ccc2occ(C3C(C)C(=O)C(=O)N3c3ccc4nc[nH]c4c3)c(=O)c2c1. The number of hydrogen-bond acceptors (Lipinski definition) is 5. The van der Waals surface area contributed by atoms with Crippen molar-refractivity contribution in [1.29, 1.82) is 0 Å². The number of carbonyl (C=O) groups excluding carboxylic acids is 2. The van der Waals surface area contributed by atoms with E-state index in [0.717, 1.165) is 16.6 Å². The van der Waals surface area contributed by atoms with E-state index in [0.29, 0.717) is 22.2 Å². The van der Waals surface area contributed by atoms with Crippen LogP contribution in [-0.4, -0.2) is 21.7 Å². The van der Waals surface area contributed by atoms with Gasteiger partial charge >= 0.3 is 0 Å². The van der Waals surface area contributed by atoms with E-state index >= 15 is 0 Å². The highest BCUT2D eigenvalue weighted by atomic mass is 16.3. The van der Waals surface area contributed by atoms with E-state index < -0.39 is 23.7 Å². The summed E-state index contributed by atoms with van der Waals surface area (Å²) in [7, 11) is 0. The van der Waals surface area contributed by atoms with Crippen LogP contribution in [0.2, 0.25) is 0 Å². The molecule has 1 saturated heterocycles. The largest absolute Gasteiger partial charge is 0.464 e. The molecule has 1 aliphatic rings. The predicted octanol–water partition coefficient (Wildman–Crippen LogP) is 3.27. The molecule has 2 aromatic heterocycles. The van der Waals surface area contributed by atoms with Crippen molar-refractivity contribution in [1.82, 2.24) is 9.97 Å². The summed E-state index contributed by atoms with van der Waals surface area (Å²) in [6.07, 6.45) is 2.93. The van der Waals surface area contributed by atoms with Gasteiger partial charge in [0.25, 0.3) is 5.91 Å². The Bertz CT molecular complexity index is 1370. The molecule has 4 aromatic rings. The van der Waals surface area contributed by atoms with Crippen LogP contribution in [0.4, 0.5) is 5.69 Å². The number of Topliss-reactive ketones (excluding diaryl/α,β-unsaturated/α-hetero) is 1.